The predicted molar refractivity (Wildman–Crippen MR) is 185 cm³/mol. The number of ether oxygens (including phenoxy) is 3. The lowest BCUT2D eigenvalue weighted by Crippen LogP contribution is -2.36. The average Bonchev–Trinajstić information content (AvgIpc) is 3.11. The van der Waals surface area contributed by atoms with Crippen LogP contribution in [0.25, 0.3) is 0 Å². The van der Waals surface area contributed by atoms with Crippen molar-refractivity contribution in [2.45, 2.75) is 20.8 Å². The molecule has 3 aliphatic heterocycles. The van der Waals surface area contributed by atoms with Crippen molar-refractivity contribution in [1.29, 1.82) is 0 Å². The van der Waals surface area contributed by atoms with Crippen molar-refractivity contribution in [2.24, 2.45) is 16.5 Å². The number of nitrogens with zero attached hydrogens (tertiary/aromatic N) is 8. The first-order valence-corrected chi connectivity index (χ1v) is 15.9. The summed E-state index contributed by atoms with van der Waals surface area (Å²) in [4.78, 5) is 40.1. The third kappa shape index (κ3) is 13.1. The van der Waals surface area contributed by atoms with E-state index < -0.39 is 15.8 Å². The normalized spacial score (nSPS) is 15.5. The molecule has 3 aromatic heterocycles. The fourth-order valence-electron chi connectivity index (χ4n) is 4.70. The zero-order chi connectivity index (χ0) is 36.5. The second kappa shape index (κ2) is 20.4. The van der Waals surface area contributed by atoms with Crippen LogP contribution >= 0.6 is 0 Å². The fourth-order valence-corrected chi connectivity index (χ4v) is 4.70. The molecular formula is C31H44FN11O7. The number of nitro groups is 2. The number of hydrogen-bond donors (Lipinski definition) is 3. The number of aliphatic imine (C=N–C) groups is 1. The van der Waals surface area contributed by atoms with Crippen LogP contribution in [0.2, 0.25) is 0 Å². The molecule has 6 rings (SSSR count). The number of anilines is 2. The van der Waals surface area contributed by atoms with E-state index in [-0.39, 0.29) is 23.0 Å². The summed E-state index contributed by atoms with van der Waals surface area (Å²) in [6.07, 6.45) is 0. The third-order valence-corrected chi connectivity index (χ3v) is 7.27. The van der Waals surface area contributed by atoms with E-state index in [2.05, 4.69) is 35.1 Å². The van der Waals surface area contributed by atoms with Crippen molar-refractivity contribution in [3.05, 3.63) is 79.7 Å². The van der Waals surface area contributed by atoms with Gasteiger partial charge in [-0.25, -0.2) is 19.9 Å². The molecule has 19 heteroatoms. The molecule has 0 bridgehead atoms. The lowest BCUT2D eigenvalue weighted by atomic mass is 10.3. The number of nitrogens with two attached hydrogens (primary N) is 2. The number of morpholine rings is 3. The first-order chi connectivity index (χ1) is 24.0. The van der Waals surface area contributed by atoms with Crippen molar-refractivity contribution in [1.82, 2.24) is 20.3 Å². The summed E-state index contributed by atoms with van der Waals surface area (Å²) in [6.45, 7) is 14.9. The second-order valence-electron chi connectivity index (χ2n) is 10.9. The van der Waals surface area contributed by atoms with Gasteiger partial charge in [0.25, 0.3) is 11.4 Å². The van der Waals surface area contributed by atoms with E-state index in [0.29, 0.717) is 24.6 Å². The summed E-state index contributed by atoms with van der Waals surface area (Å²) in [5.41, 5.74) is 12.7. The first-order valence-electron chi connectivity index (χ1n) is 15.9. The molecule has 3 aromatic rings. The number of halogens is 1. The topological polar surface area (TPSA) is 236 Å². The molecule has 0 aromatic carbocycles. The first kappa shape index (κ1) is 39.3. The maximum absolute atomic E-state index is 12.3. The highest BCUT2D eigenvalue weighted by atomic mass is 19.1. The zero-order valence-electron chi connectivity index (χ0n) is 28.4. The summed E-state index contributed by atoms with van der Waals surface area (Å²) >= 11 is 0. The maximum atomic E-state index is 12.3. The van der Waals surface area contributed by atoms with Gasteiger partial charge >= 0.3 is 0 Å². The van der Waals surface area contributed by atoms with E-state index in [1.165, 1.54) is 13.0 Å². The molecule has 272 valence electrons. The molecule has 3 saturated heterocycles. The van der Waals surface area contributed by atoms with Gasteiger partial charge in [0, 0.05) is 57.5 Å². The second-order valence-corrected chi connectivity index (χ2v) is 10.9. The third-order valence-electron chi connectivity index (χ3n) is 7.27. The van der Waals surface area contributed by atoms with Crippen LogP contribution in [-0.2, 0) is 14.2 Å². The molecule has 3 fully saturated rings. The lowest BCUT2D eigenvalue weighted by Gasteiger charge is -2.28. The maximum Gasteiger partial charge on any atom is 0.290 e. The van der Waals surface area contributed by atoms with Crippen LogP contribution in [0.5, 0.6) is 0 Å². The van der Waals surface area contributed by atoms with Crippen LogP contribution in [-0.4, -0.2) is 110 Å². The molecule has 3 aliphatic rings. The molecule has 0 spiro atoms. The molecule has 0 amide bonds. The Morgan fingerprint density at radius 2 is 1.16 bits per heavy atom. The van der Waals surface area contributed by atoms with E-state index in [0.717, 1.165) is 95.2 Å². The number of pyridine rings is 3. The zero-order valence-corrected chi connectivity index (χ0v) is 28.4. The number of hydrogen-bond acceptors (Lipinski definition) is 14. The van der Waals surface area contributed by atoms with Gasteiger partial charge in [0.1, 0.15) is 23.0 Å². The van der Waals surface area contributed by atoms with E-state index in [9.17, 15) is 24.6 Å². The Morgan fingerprint density at radius 1 is 0.720 bits per heavy atom. The molecule has 6 heterocycles. The molecule has 0 unspecified atom stereocenters. The van der Waals surface area contributed by atoms with Gasteiger partial charge in [0.15, 0.2) is 5.96 Å². The van der Waals surface area contributed by atoms with Crippen LogP contribution in [0.15, 0.2) is 41.4 Å². The fraction of sp³-hybridized carbons (Fsp3) is 0.484. The van der Waals surface area contributed by atoms with Gasteiger partial charge in [-0.15, -0.1) is 0 Å². The highest BCUT2D eigenvalue weighted by Crippen LogP contribution is 2.22. The Morgan fingerprint density at radius 3 is 1.54 bits per heavy atom. The smallest absolute Gasteiger partial charge is 0.290 e. The minimum atomic E-state index is -0.701. The van der Waals surface area contributed by atoms with Crippen LogP contribution in [0.3, 0.4) is 0 Å². The quantitative estimate of drug-likeness (QED) is 0.114. The SMILES string of the molecule is C1COCCN1.Cc1nc(F)ccc1[N+](=O)[O-].Cc1nc(N2CCOCC2)ccc1N=C(N)N.Cc1nc(N2CCOCC2)ccc1[N+](=O)[O-]. The number of aromatic nitrogens is 3. The Balaban J connectivity index is 0.000000190. The number of guanidine groups is 1. The predicted octanol–water partition coefficient (Wildman–Crippen LogP) is 2.31. The van der Waals surface area contributed by atoms with Crippen molar-refractivity contribution in [2.75, 3.05) is 88.7 Å². The Labute approximate surface area is 289 Å². The molecule has 5 N–H and O–H groups in total. The number of aryl methyl sites for hydroxylation is 3. The van der Waals surface area contributed by atoms with Crippen molar-refractivity contribution >= 4 is 34.7 Å². The Bertz CT molecular complexity index is 1570. The number of rotatable bonds is 5. The van der Waals surface area contributed by atoms with Crippen LogP contribution in [0.4, 0.5) is 33.1 Å². The summed E-state index contributed by atoms with van der Waals surface area (Å²) in [6, 6.07) is 9.07. The van der Waals surface area contributed by atoms with Gasteiger partial charge < -0.3 is 40.8 Å². The van der Waals surface area contributed by atoms with Crippen molar-refractivity contribution in [3.63, 3.8) is 0 Å². The Kier molecular flexibility index (Phi) is 16.1. The average molecular weight is 702 g/mol. The van der Waals surface area contributed by atoms with E-state index in [1.54, 1.807) is 13.0 Å². The molecular weight excluding hydrogens is 657 g/mol. The van der Waals surface area contributed by atoms with Gasteiger partial charge in [0.2, 0.25) is 5.95 Å². The van der Waals surface area contributed by atoms with Crippen molar-refractivity contribution in [3.8, 4) is 0 Å². The molecule has 0 atom stereocenters. The van der Waals surface area contributed by atoms with Crippen LogP contribution in [0, 0.1) is 46.9 Å². The molecule has 0 radical (unpaired) electrons. The molecule has 0 saturated carbocycles. The minimum Gasteiger partial charge on any atom is -0.379 e. The summed E-state index contributed by atoms with van der Waals surface area (Å²) < 4.78 is 27.8. The lowest BCUT2D eigenvalue weighted by molar-refractivity contribution is -0.385. The van der Waals surface area contributed by atoms with Gasteiger partial charge in [0.05, 0.1) is 60.9 Å². The van der Waals surface area contributed by atoms with E-state index >= 15 is 0 Å². The van der Waals surface area contributed by atoms with Crippen LogP contribution in [0.1, 0.15) is 17.1 Å². The Hall–Kier alpha value is -5.11. The van der Waals surface area contributed by atoms with E-state index in [1.807, 2.05) is 19.1 Å². The monoisotopic (exact) mass is 701 g/mol. The molecule has 50 heavy (non-hydrogen) atoms. The summed E-state index contributed by atoms with van der Waals surface area (Å²) in [5.74, 6) is 1.08. The summed E-state index contributed by atoms with van der Waals surface area (Å²) in [5, 5.41) is 24.0. The summed E-state index contributed by atoms with van der Waals surface area (Å²) in [7, 11) is 0. The van der Waals surface area contributed by atoms with E-state index in [4.69, 9.17) is 25.7 Å². The highest BCUT2D eigenvalue weighted by Gasteiger charge is 2.17. The number of nitrogens with one attached hydrogen (secondary N) is 1. The van der Waals surface area contributed by atoms with Crippen molar-refractivity contribution < 1.29 is 28.4 Å². The van der Waals surface area contributed by atoms with Crippen LogP contribution < -0.4 is 26.6 Å². The largest absolute Gasteiger partial charge is 0.379 e. The van der Waals surface area contributed by atoms with Gasteiger partial charge in [-0.2, -0.15) is 4.39 Å². The standard InChI is InChI=1S/C11H17N5O.C10H13N3O3.C6H5FN2O2.C4H9NO/c1-8-9(15-11(12)13)2-3-10(14-8)16-4-6-17-7-5-16;1-8-9(13(14)15)2-3-10(11-8)12-4-6-16-7-5-12;1-4-5(9(10)11)2-3-6(7)8-4;1-3-6-4-2-5-1/h2-3H,4-7H2,1H3,(H4,12,13,15);2-3H,4-7H2,1H3;2-3H,1H3;5H,1-4H2. The molecule has 0 aliphatic carbocycles. The van der Waals surface area contributed by atoms with Gasteiger partial charge in [-0.3, -0.25) is 20.2 Å². The highest BCUT2D eigenvalue weighted by molar-refractivity contribution is 5.79. The van der Waals surface area contributed by atoms with Gasteiger partial charge in [-0.05, 0) is 39.0 Å². The minimum absolute atomic E-state index is 0.0500. The van der Waals surface area contributed by atoms with Gasteiger partial charge in [-0.1, -0.05) is 0 Å². The molecule has 18 nitrogen and oxygen atoms in total.